The van der Waals surface area contributed by atoms with Gasteiger partial charge >= 0.3 is 0 Å². The third-order valence-electron chi connectivity index (χ3n) is 1.78. The molecule has 6 heteroatoms. The molecule has 0 saturated carbocycles. The fourth-order valence-corrected chi connectivity index (χ4v) is 1.03. The van der Waals surface area contributed by atoms with E-state index in [9.17, 15) is 4.79 Å². The van der Waals surface area contributed by atoms with Crippen LogP contribution in [0.3, 0.4) is 0 Å². The molecule has 0 fully saturated rings. The predicted molar refractivity (Wildman–Crippen MR) is 61.1 cm³/mol. The SMILES string of the molecule is C=CC(CCCN=C(N)N)NC(=O)CN. The molecule has 0 spiro atoms. The molecule has 0 saturated heterocycles. The Balaban J connectivity index is 3.76. The van der Waals surface area contributed by atoms with Gasteiger partial charge in [-0.05, 0) is 12.8 Å². The second-order valence-corrected chi connectivity index (χ2v) is 3.06. The number of nitrogens with one attached hydrogen (secondary N) is 1. The molecule has 86 valence electrons. The molecule has 7 N–H and O–H groups in total. The number of amides is 1. The van der Waals surface area contributed by atoms with Gasteiger partial charge in [0, 0.05) is 12.6 Å². The fraction of sp³-hybridized carbons (Fsp3) is 0.556. The van der Waals surface area contributed by atoms with Gasteiger partial charge in [-0.15, -0.1) is 6.58 Å². The minimum Gasteiger partial charge on any atom is -0.370 e. The summed E-state index contributed by atoms with van der Waals surface area (Å²) >= 11 is 0. The standard InChI is InChI=1S/C9H19N5O/c1-2-7(14-8(15)6-10)4-3-5-13-9(11)12/h2,7H,1,3-6,10H2,(H,14,15)(H4,11,12,13). The highest BCUT2D eigenvalue weighted by Gasteiger charge is 2.06. The van der Waals surface area contributed by atoms with E-state index >= 15 is 0 Å². The number of carbonyl (C=O) groups is 1. The quantitative estimate of drug-likeness (QED) is 0.181. The lowest BCUT2D eigenvalue weighted by Crippen LogP contribution is -2.37. The maximum Gasteiger partial charge on any atom is 0.234 e. The summed E-state index contributed by atoms with van der Waals surface area (Å²) in [4.78, 5) is 14.8. The molecule has 0 aliphatic heterocycles. The van der Waals surface area contributed by atoms with Gasteiger partial charge in [-0.2, -0.15) is 0 Å². The van der Waals surface area contributed by atoms with Crippen LogP contribution in [-0.4, -0.2) is 31.0 Å². The Hall–Kier alpha value is -1.56. The first kappa shape index (κ1) is 13.4. The fourth-order valence-electron chi connectivity index (χ4n) is 1.03. The van der Waals surface area contributed by atoms with Gasteiger partial charge in [-0.25, -0.2) is 0 Å². The van der Waals surface area contributed by atoms with Crippen molar-refractivity contribution in [3.63, 3.8) is 0 Å². The summed E-state index contributed by atoms with van der Waals surface area (Å²) in [6.45, 7) is 4.15. The molecule has 0 aliphatic rings. The molecule has 0 aromatic rings. The van der Waals surface area contributed by atoms with Crippen LogP contribution in [0, 0.1) is 0 Å². The topological polar surface area (TPSA) is 120 Å². The summed E-state index contributed by atoms with van der Waals surface area (Å²) in [7, 11) is 0. The van der Waals surface area contributed by atoms with Crippen molar-refractivity contribution in [1.29, 1.82) is 0 Å². The second-order valence-electron chi connectivity index (χ2n) is 3.06. The number of hydrogen-bond donors (Lipinski definition) is 4. The molecule has 1 unspecified atom stereocenters. The average Bonchev–Trinajstić information content (AvgIpc) is 2.21. The maximum atomic E-state index is 11.0. The van der Waals surface area contributed by atoms with E-state index in [0.717, 1.165) is 12.8 Å². The zero-order valence-corrected chi connectivity index (χ0v) is 8.78. The molecule has 15 heavy (non-hydrogen) atoms. The molecule has 0 heterocycles. The lowest BCUT2D eigenvalue weighted by atomic mass is 10.1. The van der Waals surface area contributed by atoms with Crippen LogP contribution in [0.4, 0.5) is 0 Å². The molecule has 0 bridgehead atoms. The van der Waals surface area contributed by atoms with Crippen molar-refractivity contribution in [2.75, 3.05) is 13.1 Å². The molecular weight excluding hydrogens is 194 g/mol. The Morgan fingerprint density at radius 1 is 1.53 bits per heavy atom. The molecule has 6 nitrogen and oxygen atoms in total. The molecule has 0 aromatic carbocycles. The number of nitrogens with zero attached hydrogens (tertiary/aromatic N) is 1. The van der Waals surface area contributed by atoms with Crippen molar-refractivity contribution in [3.05, 3.63) is 12.7 Å². The summed E-state index contributed by atoms with van der Waals surface area (Å²) in [5.74, 6) is -0.113. The molecule has 0 aromatic heterocycles. The Morgan fingerprint density at radius 2 is 2.20 bits per heavy atom. The van der Waals surface area contributed by atoms with Gasteiger partial charge in [0.2, 0.25) is 5.91 Å². The number of rotatable bonds is 7. The Kier molecular flexibility index (Phi) is 7.00. The molecule has 1 atom stereocenters. The third kappa shape index (κ3) is 7.51. The first-order chi connectivity index (χ1) is 7.10. The summed E-state index contributed by atoms with van der Waals surface area (Å²) in [6, 6.07) is -0.0738. The van der Waals surface area contributed by atoms with Crippen LogP contribution in [0.2, 0.25) is 0 Å². The number of guanidine groups is 1. The zero-order chi connectivity index (χ0) is 11.7. The van der Waals surface area contributed by atoms with E-state index < -0.39 is 0 Å². The lowest BCUT2D eigenvalue weighted by Gasteiger charge is -2.13. The van der Waals surface area contributed by atoms with E-state index in [0.29, 0.717) is 6.54 Å². The smallest absolute Gasteiger partial charge is 0.234 e. The number of nitrogens with two attached hydrogens (primary N) is 3. The summed E-state index contributed by atoms with van der Waals surface area (Å²) in [5, 5.41) is 2.71. The van der Waals surface area contributed by atoms with Crippen molar-refractivity contribution >= 4 is 11.9 Å². The van der Waals surface area contributed by atoms with Crippen molar-refractivity contribution < 1.29 is 4.79 Å². The molecular formula is C9H19N5O. The van der Waals surface area contributed by atoms with Crippen LogP contribution >= 0.6 is 0 Å². The minimum atomic E-state index is -0.193. The Labute approximate surface area is 89.6 Å². The predicted octanol–water partition coefficient (Wildman–Crippen LogP) is -1.33. The first-order valence-electron chi connectivity index (χ1n) is 4.77. The zero-order valence-electron chi connectivity index (χ0n) is 8.78. The van der Waals surface area contributed by atoms with Gasteiger partial charge in [-0.3, -0.25) is 9.79 Å². The summed E-state index contributed by atoms with van der Waals surface area (Å²) in [5.41, 5.74) is 15.5. The summed E-state index contributed by atoms with van der Waals surface area (Å²) < 4.78 is 0. The van der Waals surface area contributed by atoms with E-state index in [1.807, 2.05) is 0 Å². The van der Waals surface area contributed by atoms with Crippen LogP contribution in [0.25, 0.3) is 0 Å². The summed E-state index contributed by atoms with van der Waals surface area (Å²) in [6.07, 6.45) is 3.19. The van der Waals surface area contributed by atoms with Crippen LogP contribution < -0.4 is 22.5 Å². The lowest BCUT2D eigenvalue weighted by molar-refractivity contribution is -0.120. The van der Waals surface area contributed by atoms with Gasteiger partial charge < -0.3 is 22.5 Å². The van der Waals surface area contributed by atoms with E-state index in [-0.39, 0.29) is 24.5 Å². The van der Waals surface area contributed by atoms with Crippen molar-refractivity contribution in [2.24, 2.45) is 22.2 Å². The molecule has 0 rings (SSSR count). The number of aliphatic imine (C=N–C) groups is 1. The minimum absolute atomic E-state index is 0.0156. The number of hydrogen-bond acceptors (Lipinski definition) is 3. The third-order valence-corrected chi connectivity index (χ3v) is 1.78. The van der Waals surface area contributed by atoms with Crippen LogP contribution in [0.1, 0.15) is 12.8 Å². The first-order valence-corrected chi connectivity index (χ1v) is 4.77. The van der Waals surface area contributed by atoms with Crippen LogP contribution in [0.15, 0.2) is 17.6 Å². The highest BCUT2D eigenvalue weighted by atomic mass is 16.1. The van der Waals surface area contributed by atoms with Gasteiger partial charge in [0.05, 0.1) is 6.54 Å². The van der Waals surface area contributed by atoms with Crippen molar-refractivity contribution in [2.45, 2.75) is 18.9 Å². The van der Waals surface area contributed by atoms with Crippen molar-refractivity contribution in [3.8, 4) is 0 Å². The Bertz CT molecular complexity index is 235. The largest absolute Gasteiger partial charge is 0.370 e. The van der Waals surface area contributed by atoms with Gasteiger partial charge in [0.1, 0.15) is 0 Å². The maximum absolute atomic E-state index is 11.0. The monoisotopic (exact) mass is 213 g/mol. The van der Waals surface area contributed by atoms with Crippen LogP contribution in [-0.2, 0) is 4.79 Å². The van der Waals surface area contributed by atoms with E-state index in [4.69, 9.17) is 17.2 Å². The van der Waals surface area contributed by atoms with E-state index in [2.05, 4.69) is 16.9 Å². The second kappa shape index (κ2) is 7.81. The van der Waals surface area contributed by atoms with Gasteiger partial charge in [0.15, 0.2) is 5.96 Å². The molecule has 0 aliphatic carbocycles. The molecule has 0 radical (unpaired) electrons. The van der Waals surface area contributed by atoms with Crippen LogP contribution in [0.5, 0.6) is 0 Å². The Morgan fingerprint density at radius 3 is 2.67 bits per heavy atom. The van der Waals surface area contributed by atoms with Gasteiger partial charge in [0.25, 0.3) is 0 Å². The highest BCUT2D eigenvalue weighted by Crippen LogP contribution is 1.98. The molecule has 1 amide bonds. The number of carbonyl (C=O) groups excluding carboxylic acids is 1. The highest BCUT2D eigenvalue weighted by molar-refractivity contribution is 5.78. The van der Waals surface area contributed by atoms with Gasteiger partial charge in [-0.1, -0.05) is 6.08 Å². The van der Waals surface area contributed by atoms with E-state index in [1.54, 1.807) is 6.08 Å². The van der Waals surface area contributed by atoms with E-state index in [1.165, 1.54) is 0 Å². The van der Waals surface area contributed by atoms with Crippen molar-refractivity contribution in [1.82, 2.24) is 5.32 Å². The normalized spacial score (nSPS) is 11.5. The average molecular weight is 213 g/mol.